The quantitative estimate of drug-likeness (QED) is 0.884. The summed E-state index contributed by atoms with van der Waals surface area (Å²) in [6.45, 7) is 12.2. The molecule has 0 spiro atoms. The first-order valence-corrected chi connectivity index (χ1v) is 7.26. The Labute approximate surface area is 122 Å². The minimum atomic E-state index is 0.000531. The molecule has 0 aliphatic heterocycles. The largest absolute Gasteiger partial charge is 0.496 e. The number of benzene rings is 1. The number of hydrogen-bond acceptors (Lipinski definition) is 2. The number of rotatable bonds is 5. The van der Waals surface area contributed by atoms with Crippen LogP contribution in [0.5, 0.6) is 5.75 Å². The summed E-state index contributed by atoms with van der Waals surface area (Å²) in [6.07, 6.45) is 0. The molecule has 1 atom stereocenters. The molecule has 0 aliphatic carbocycles. The van der Waals surface area contributed by atoms with Crippen LogP contribution >= 0.6 is 0 Å². The minimum absolute atomic E-state index is 0.000531. The van der Waals surface area contributed by atoms with Gasteiger partial charge in [0.05, 0.1) is 13.2 Å². The molecule has 0 heterocycles. The van der Waals surface area contributed by atoms with Crippen molar-refractivity contribution >= 4 is 5.91 Å². The number of methoxy groups -OCH3 is 1. The molecule has 3 heteroatoms. The predicted octanol–water partition coefficient (Wildman–Crippen LogP) is 3.96. The number of amides is 1. The van der Waals surface area contributed by atoms with Crippen LogP contribution in [0.2, 0.25) is 0 Å². The number of nitrogens with one attached hydrogen (secondary N) is 1. The van der Waals surface area contributed by atoms with E-state index in [9.17, 15) is 4.79 Å². The van der Waals surface area contributed by atoms with E-state index >= 15 is 0 Å². The van der Waals surface area contributed by atoms with E-state index in [4.69, 9.17) is 4.74 Å². The molecule has 0 radical (unpaired) electrons. The lowest BCUT2D eigenvalue weighted by atomic mass is 9.93. The molecule has 1 rings (SSSR count). The molecule has 0 unspecified atom stereocenters. The molecule has 0 aliphatic rings. The van der Waals surface area contributed by atoms with Gasteiger partial charge >= 0.3 is 0 Å². The fourth-order valence-electron chi connectivity index (χ4n) is 2.27. The Kier molecular flexibility index (Phi) is 5.61. The zero-order chi connectivity index (χ0) is 15.4. The molecule has 0 saturated carbocycles. The zero-order valence-corrected chi connectivity index (χ0v) is 13.7. The highest BCUT2D eigenvalue weighted by atomic mass is 16.5. The molecule has 0 fully saturated rings. The molecule has 1 aromatic carbocycles. The molecule has 1 N–H and O–H groups in total. The van der Waals surface area contributed by atoms with Gasteiger partial charge < -0.3 is 10.1 Å². The van der Waals surface area contributed by atoms with Crippen LogP contribution in [0.15, 0.2) is 12.1 Å². The molecule has 0 saturated heterocycles. The highest BCUT2D eigenvalue weighted by Gasteiger charge is 2.17. The van der Waals surface area contributed by atoms with Crippen LogP contribution in [0.4, 0.5) is 0 Å². The van der Waals surface area contributed by atoms with E-state index in [0.29, 0.717) is 5.92 Å². The topological polar surface area (TPSA) is 38.3 Å². The molecule has 1 amide bonds. The van der Waals surface area contributed by atoms with Crippen molar-refractivity contribution in [3.05, 3.63) is 28.8 Å². The van der Waals surface area contributed by atoms with Gasteiger partial charge in [0.1, 0.15) is 5.75 Å². The number of ether oxygens (including phenoxy) is 1. The predicted molar refractivity (Wildman–Crippen MR) is 83.2 cm³/mol. The van der Waals surface area contributed by atoms with Gasteiger partial charge in [-0.15, -0.1) is 0 Å². The van der Waals surface area contributed by atoms with Gasteiger partial charge in [-0.2, -0.15) is 0 Å². The van der Waals surface area contributed by atoms with Gasteiger partial charge in [0.2, 0.25) is 5.91 Å². The summed E-state index contributed by atoms with van der Waals surface area (Å²) >= 11 is 0. The van der Waals surface area contributed by atoms with E-state index in [2.05, 4.69) is 38.2 Å². The summed E-state index contributed by atoms with van der Waals surface area (Å²) in [5.74, 6) is 1.39. The second-order valence-electron chi connectivity index (χ2n) is 5.99. The Morgan fingerprint density at radius 2 is 1.70 bits per heavy atom. The number of hydrogen-bond donors (Lipinski definition) is 1. The molecule has 20 heavy (non-hydrogen) atoms. The zero-order valence-electron chi connectivity index (χ0n) is 13.7. The second kappa shape index (κ2) is 6.78. The Balaban J connectivity index is 3.11. The smallest absolute Gasteiger partial charge is 0.223 e. The highest BCUT2D eigenvalue weighted by Crippen LogP contribution is 2.32. The third-order valence-electron chi connectivity index (χ3n) is 3.59. The van der Waals surface area contributed by atoms with Crippen molar-refractivity contribution in [2.45, 2.75) is 53.5 Å². The summed E-state index contributed by atoms with van der Waals surface area (Å²) in [6, 6.07) is 4.22. The lowest BCUT2D eigenvalue weighted by Crippen LogP contribution is -2.30. The minimum Gasteiger partial charge on any atom is -0.496 e. The summed E-state index contributed by atoms with van der Waals surface area (Å²) in [4.78, 5) is 11.8. The summed E-state index contributed by atoms with van der Waals surface area (Å²) < 4.78 is 5.45. The van der Waals surface area contributed by atoms with Gasteiger partial charge in [-0.3, -0.25) is 4.79 Å². The van der Waals surface area contributed by atoms with Gasteiger partial charge in [0.25, 0.3) is 0 Å². The molecule has 0 aromatic heterocycles. The van der Waals surface area contributed by atoms with Crippen molar-refractivity contribution < 1.29 is 9.53 Å². The van der Waals surface area contributed by atoms with E-state index in [-0.39, 0.29) is 17.9 Å². The Hall–Kier alpha value is -1.51. The average Bonchev–Trinajstić information content (AvgIpc) is 2.37. The van der Waals surface area contributed by atoms with Crippen LogP contribution in [0, 0.1) is 12.8 Å². The first kappa shape index (κ1) is 16.5. The molecule has 3 nitrogen and oxygen atoms in total. The van der Waals surface area contributed by atoms with Crippen molar-refractivity contribution in [1.29, 1.82) is 0 Å². The lowest BCUT2D eigenvalue weighted by molar-refractivity contribution is -0.124. The van der Waals surface area contributed by atoms with Crippen LogP contribution in [-0.4, -0.2) is 13.0 Å². The lowest BCUT2D eigenvalue weighted by Gasteiger charge is -2.21. The van der Waals surface area contributed by atoms with Crippen molar-refractivity contribution in [3.63, 3.8) is 0 Å². The van der Waals surface area contributed by atoms with Crippen molar-refractivity contribution in [2.24, 2.45) is 5.92 Å². The average molecular weight is 277 g/mol. The van der Waals surface area contributed by atoms with Crippen molar-refractivity contribution in [2.75, 3.05) is 7.11 Å². The standard InChI is InChI=1S/C17H27NO2/c1-10(2)14-9-15(12(5)8-16(14)20-7)13(6)18-17(19)11(3)4/h8-11,13H,1-7H3,(H,18,19)/t13-/m1/s1. The molecule has 0 bridgehead atoms. The number of aryl methyl sites for hydroxylation is 1. The fraction of sp³-hybridized carbons (Fsp3) is 0.588. The normalized spacial score (nSPS) is 12.7. The van der Waals surface area contributed by atoms with Gasteiger partial charge in [-0.1, -0.05) is 27.7 Å². The van der Waals surface area contributed by atoms with Gasteiger partial charge in [-0.25, -0.2) is 0 Å². The molecular weight excluding hydrogens is 250 g/mol. The third-order valence-corrected chi connectivity index (χ3v) is 3.59. The molecular formula is C17H27NO2. The van der Waals surface area contributed by atoms with E-state index in [1.807, 2.05) is 20.8 Å². The van der Waals surface area contributed by atoms with Crippen LogP contribution in [0.1, 0.15) is 63.3 Å². The fourth-order valence-corrected chi connectivity index (χ4v) is 2.27. The maximum Gasteiger partial charge on any atom is 0.223 e. The van der Waals surface area contributed by atoms with Crippen LogP contribution in [0.3, 0.4) is 0 Å². The second-order valence-corrected chi connectivity index (χ2v) is 5.99. The maximum atomic E-state index is 11.8. The van der Waals surface area contributed by atoms with Crippen LogP contribution in [-0.2, 0) is 4.79 Å². The maximum absolute atomic E-state index is 11.8. The van der Waals surface area contributed by atoms with Gasteiger partial charge in [-0.05, 0) is 48.6 Å². The van der Waals surface area contributed by atoms with Crippen LogP contribution < -0.4 is 10.1 Å². The van der Waals surface area contributed by atoms with Gasteiger partial charge in [0.15, 0.2) is 0 Å². The summed E-state index contributed by atoms with van der Waals surface area (Å²) in [5, 5.41) is 3.06. The highest BCUT2D eigenvalue weighted by molar-refractivity contribution is 5.78. The Morgan fingerprint density at radius 1 is 1.10 bits per heavy atom. The van der Waals surface area contributed by atoms with E-state index < -0.39 is 0 Å². The molecule has 112 valence electrons. The van der Waals surface area contributed by atoms with Crippen LogP contribution in [0.25, 0.3) is 0 Å². The first-order chi connectivity index (χ1) is 9.27. The SMILES string of the molecule is COc1cc(C)c([C@@H](C)NC(=O)C(C)C)cc1C(C)C. The molecule has 1 aromatic rings. The third kappa shape index (κ3) is 3.75. The van der Waals surface area contributed by atoms with Crippen molar-refractivity contribution in [3.8, 4) is 5.75 Å². The van der Waals surface area contributed by atoms with E-state index in [1.54, 1.807) is 7.11 Å². The summed E-state index contributed by atoms with van der Waals surface area (Å²) in [5.41, 5.74) is 3.48. The number of carbonyl (C=O) groups is 1. The van der Waals surface area contributed by atoms with E-state index in [1.165, 1.54) is 5.56 Å². The van der Waals surface area contributed by atoms with Crippen molar-refractivity contribution in [1.82, 2.24) is 5.32 Å². The number of carbonyl (C=O) groups excluding carboxylic acids is 1. The Bertz CT molecular complexity index is 478. The summed E-state index contributed by atoms with van der Waals surface area (Å²) in [7, 11) is 1.70. The van der Waals surface area contributed by atoms with Gasteiger partial charge in [0, 0.05) is 5.92 Å². The monoisotopic (exact) mass is 277 g/mol. The first-order valence-electron chi connectivity index (χ1n) is 7.26. The Morgan fingerprint density at radius 3 is 2.15 bits per heavy atom. The van der Waals surface area contributed by atoms with E-state index in [0.717, 1.165) is 16.9 Å².